The third-order valence-electron chi connectivity index (χ3n) is 14.8. The number of rotatable bonds is 6. The van der Waals surface area contributed by atoms with Gasteiger partial charge in [-0.2, -0.15) is 5.26 Å². The van der Waals surface area contributed by atoms with Crippen LogP contribution in [0.5, 0.6) is 0 Å². The summed E-state index contributed by atoms with van der Waals surface area (Å²) < 4.78 is 4.56. The molecular weight excluding hydrogens is 869 g/mol. The van der Waals surface area contributed by atoms with E-state index < -0.39 is 5.91 Å². The van der Waals surface area contributed by atoms with E-state index in [1.807, 2.05) is 72.8 Å². The lowest BCUT2D eigenvalue weighted by Crippen LogP contribution is -2.30. The first kappa shape index (κ1) is 45.4. The molecule has 0 unspecified atom stereocenters. The molecule has 0 bridgehead atoms. The van der Waals surface area contributed by atoms with Crippen LogP contribution in [0.1, 0.15) is 118 Å². The van der Waals surface area contributed by atoms with Crippen molar-refractivity contribution in [3.8, 4) is 39.7 Å². The quantitative estimate of drug-likeness (QED) is 0.156. The molecule has 0 atom stereocenters. The number of aromatic nitrogens is 2. The largest absolute Gasteiger partial charge is 0.309 e. The van der Waals surface area contributed by atoms with E-state index in [1.54, 1.807) is 6.07 Å². The average Bonchev–Trinajstić information content (AvgIpc) is 3.95. The number of nitrogens with zero attached hydrogens (tertiary/aromatic N) is 4. The monoisotopic (exact) mass is 926 g/mol. The van der Waals surface area contributed by atoms with Gasteiger partial charge in [0.25, 0.3) is 11.8 Å². The van der Waals surface area contributed by atoms with Gasteiger partial charge in [-0.1, -0.05) is 178 Å². The van der Waals surface area contributed by atoms with Gasteiger partial charge in [-0.05, 0) is 105 Å². The lowest BCUT2D eigenvalue weighted by atomic mass is 9.86. The molecule has 8 aromatic carbocycles. The van der Waals surface area contributed by atoms with Crippen molar-refractivity contribution in [2.75, 3.05) is 4.90 Å². The second-order valence-electron chi connectivity index (χ2n) is 22.4. The molecule has 6 nitrogen and oxygen atoms in total. The van der Waals surface area contributed by atoms with Gasteiger partial charge in [0, 0.05) is 32.7 Å². The predicted molar refractivity (Wildman–Crippen MR) is 294 cm³/mol. The van der Waals surface area contributed by atoms with Crippen molar-refractivity contribution < 1.29 is 9.59 Å². The van der Waals surface area contributed by atoms with E-state index in [0.29, 0.717) is 33.6 Å². The summed E-state index contributed by atoms with van der Waals surface area (Å²) in [7, 11) is 0. The molecule has 2 amide bonds. The Bertz CT molecular complexity index is 3840. The van der Waals surface area contributed by atoms with Gasteiger partial charge >= 0.3 is 0 Å². The standard InChI is InChI=1S/C65H58N4O2/c1-11-39-24-28-46-47-29-25-42(63(2,3)4)34-57(47)67(55(46)32-39)54-37-52(50-21-17-22-51-60(50)62(71)69(61(51)70)53-23-16-15-20-45(53)40-18-13-12-14-19-40)56(33-41(54)38-66)68-58-35-43(64(5,6)7)26-30-48(58)49-31-27-44(36-59(49)68)65(8,9)10/h12-37H,11H2,1-10H3. The van der Waals surface area contributed by atoms with Crippen LogP contribution < -0.4 is 4.90 Å². The molecule has 10 aromatic rings. The third kappa shape index (κ3) is 7.29. The van der Waals surface area contributed by atoms with Gasteiger partial charge in [0.15, 0.2) is 0 Å². The van der Waals surface area contributed by atoms with Gasteiger partial charge in [0.1, 0.15) is 6.07 Å². The van der Waals surface area contributed by atoms with Crippen LogP contribution in [0.2, 0.25) is 0 Å². The minimum Gasteiger partial charge on any atom is -0.309 e. The van der Waals surface area contributed by atoms with Gasteiger partial charge in [-0.15, -0.1) is 0 Å². The molecule has 0 fully saturated rings. The fraction of sp³-hybridized carbons (Fsp3) is 0.215. The summed E-state index contributed by atoms with van der Waals surface area (Å²) in [6, 6.07) is 56.8. The average molecular weight is 927 g/mol. The lowest BCUT2D eigenvalue weighted by Gasteiger charge is -2.23. The van der Waals surface area contributed by atoms with Gasteiger partial charge < -0.3 is 9.13 Å². The Hall–Kier alpha value is -8.01. The van der Waals surface area contributed by atoms with E-state index in [4.69, 9.17) is 0 Å². The Kier molecular flexibility index (Phi) is 10.4. The van der Waals surface area contributed by atoms with Crippen LogP contribution in [0.3, 0.4) is 0 Å². The number of hydrogen-bond acceptors (Lipinski definition) is 3. The fourth-order valence-electron chi connectivity index (χ4n) is 10.7. The first-order chi connectivity index (χ1) is 33.9. The smallest absolute Gasteiger partial charge is 0.266 e. The molecule has 1 aliphatic rings. The first-order valence-electron chi connectivity index (χ1n) is 24.8. The summed E-state index contributed by atoms with van der Waals surface area (Å²) in [5.41, 5.74) is 14.3. The van der Waals surface area contributed by atoms with E-state index in [9.17, 15) is 10.1 Å². The molecule has 0 saturated heterocycles. The highest BCUT2D eigenvalue weighted by molar-refractivity contribution is 6.37. The zero-order chi connectivity index (χ0) is 49.9. The van der Waals surface area contributed by atoms with E-state index in [0.717, 1.165) is 72.4 Å². The molecule has 0 radical (unpaired) electrons. The molecule has 71 heavy (non-hydrogen) atoms. The molecule has 350 valence electrons. The van der Waals surface area contributed by atoms with Crippen molar-refractivity contribution in [2.24, 2.45) is 0 Å². The molecule has 3 heterocycles. The van der Waals surface area contributed by atoms with Gasteiger partial charge in [-0.25, -0.2) is 4.90 Å². The highest BCUT2D eigenvalue weighted by Crippen LogP contribution is 2.46. The third-order valence-corrected chi connectivity index (χ3v) is 14.8. The summed E-state index contributed by atoms with van der Waals surface area (Å²) in [5.74, 6) is -0.774. The highest BCUT2D eigenvalue weighted by atomic mass is 16.2. The van der Waals surface area contributed by atoms with Crippen molar-refractivity contribution in [3.05, 3.63) is 197 Å². The van der Waals surface area contributed by atoms with E-state index in [2.05, 4.69) is 163 Å². The summed E-state index contributed by atoms with van der Waals surface area (Å²) >= 11 is 0. The highest BCUT2D eigenvalue weighted by Gasteiger charge is 2.40. The zero-order valence-corrected chi connectivity index (χ0v) is 42.3. The minimum absolute atomic E-state index is 0.145. The number of carbonyl (C=O) groups is 2. The van der Waals surface area contributed by atoms with E-state index >= 15 is 4.79 Å². The Morgan fingerprint density at radius 2 is 0.915 bits per heavy atom. The summed E-state index contributed by atoms with van der Waals surface area (Å²) in [4.78, 5) is 31.9. The Labute approximate surface area is 416 Å². The zero-order valence-electron chi connectivity index (χ0n) is 42.3. The van der Waals surface area contributed by atoms with Gasteiger partial charge in [0.2, 0.25) is 0 Å². The maximum Gasteiger partial charge on any atom is 0.266 e. The maximum atomic E-state index is 15.5. The van der Waals surface area contributed by atoms with Gasteiger partial charge in [-0.3, -0.25) is 9.59 Å². The maximum absolute atomic E-state index is 15.5. The number of nitriles is 1. The van der Waals surface area contributed by atoms with E-state index in [1.165, 1.54) is 27.2 Å². The minimum atomic E-state index is -0.396. The number of aryl methyl sites for hydroxylation is 1. The number of imide groups is 1. The van der Waals surface area contributed by atoms with E-state index in [-0.39, 0.29) is 22.2 Å². The van der Waals surface area contributed by atoms with Crippen LogP contribution in [0.25, 0.3) is 77.2 Å². The second kappa shape index (κ2) is 16.3. The number of amides is 2. The topological polar surface area (TPSA) is 71.0 Å². The molecule has 0 saturated carbocycles. The van der Waals surface area contributed by atoms with Crippen molar-refractivity contribution in [1.29, 1.82) is 5.26 Å². The molecular formula is C65H58N4O2. The lowest BCUT2D eigenvalue weighted by molar-refractivity contribution is 0.0926. The number of para-hydroxylation sites is 1. The predicted octanol–water partition coefficient (Wildman–Crippen LogP) is 16.3. The van der Waals surface area contributed by atoms with Crippen LogP contribution in [0.4, 0.5) is 5.69 Å². The Balaban J connectivity index is 1.28. The summed E-state index contributed by atoms with van der Waals surface area (Å²) in [5, 5.41) is 15.9. The second-order valence-corrected chi connectivity index (χ2v) is 22.4. The summed E-state index contributed by atoms with van der Waals surface area (Å²) in [6.45, 7) is 22.2. The fourth-order valence-corrected chi connectivity index (χ4v) is 10.7. The first-order valence-corrected chi connectivity index (χ1v) is 24.8. The molecule has 11 rings (SSSR count). The van der Waals surface area contributed by atoms with Gasteiger partial charge in [0.05, 0.1) is 55.8 Å². The van der Waals surface area contributed by atoms with Crippen molar-refractivity contribution >= 4 is 61.1 Å². The van der Waals surface area contributed by atoms with Crippen LogP contribution in [0, 0.1) is 11.3 Å². The molecule has 1 aliphatic heterocycles. The molecule has 0 N–H and O–H groups in total. The van der Waals surface area contributed by atoms with Crippen LogP contribution >= 0.6 is 0 Å². The van der Waals surface area contributed by atoms with Crippen molar-refractivity contribution in [1.82, 2.24) is 9.13 Å². The Morgan fingerprint density at radius 3 is 1.45 bits per heavy atom. The number of hydrogen-bond donors (Lipinski definition) is 0. The number of fused-ring (bicyclic) bond motifs is 7. The van der Waals surface area contributed by atoms with Crippen LogP contribution in [0.15, 0.2) is 158 Å². The molecule has 6 heteroatoms. The normalized spacial score (nSPS) is 13.3. The van der Waals surface area contributed by atoms with Crippen LogP contribution in [-0.4, -0.2) is 20.9 Å². The molecule has 2 aromatic heterocycles. The number of anilines is 1. The number of carbonyl (C=O) groups excluding carboxylic acids is 2. The SMILES string of the molecule is CCc1ccc2c3ccc(C(C)(C)C)cc3n(-c3cc(-c4cccc5c4C(=O)N(c4ccccc4-c4ccccc4)C5=O)c(-n4c5cc(C(C)(C)C)ccc5c5ccc(C(C)(C)C)cc54)cc3C#N)c2c1. The van der Waals surface area contributed by atoms with Crippen molar-refractivity contribution in [3.63, 3.8) is 0 Å². The van der Waals surface area contributed by atoms with Crippen molar-refractivity contribution in [2.45, 2.75) is 91.9 Å². The molecule has 0 aliphatic carbocycles. The Morgan fingerprint density at radius 1 is 0.437 bits per heavy atom. The number of benzene rings is 8. The van der Waals surface area contributed by atoms with Crippen LogP contribution in [-0.2, 0) is 22.7 Å². The molecule has 0 spiro atoms. The summed E-state index contributed by atoms with van der Waals surface area (Å²) in [6.07, 6.45) is 0.844.